The Morgan fingerprint density at radius 3 is 2.62 bits per heavy atom. The van der Waals surface area contributed by atoms with E-state index in [1.165, 1.54) is 12.8 Å². The molecule has 1 saturated carbocycles. The van der Waals surface area contributed by atoms with Crippen molar-refractivity contribution < 1.29 is 4.74 Å². The molecular formula is C16H20N4O. The molecule has 1 aromatic heterocycles. The van der Waals surface area contributed by atoms with Gasteiger partial charge in [-0.2, -0.15) is 0 Å². The second kappa shape index (κ2) is 6.10. The summed E-state index contributed by atoms with van der Waals surface area (Å²) >= 11 is 0. The third kappa shape index (κ3) is 3.31. The van der Waals surface area contributed by atoms with Crippen LogP contribution in [0.1, 0.15) is 37.8 Å². The Balaban J connectivity index is 1.86. The van der Waals surface area contributed by atoms with E-state index in [2.05, 4.69) is 22.3 Å². The highest BCUT2D eigenvalue weighted by molar-refractivity contribution is 5.59. The van der Waals surface area contributed by atoms with Crippen LogP contribution in [0.3, 0.4) is 0 Å². The van der Waals surface area contributed by atoms with Gasteiger partial charge in [0.2, 0.25) is 0 Å². The van der Waals surface area contributed by atoms with Crippen molar-refractivity contribution in [1.29, 1.82) is 0 Å². The summed E-state index contributed by atoms with van der Waals surface area (Å²) in [6.45, 7) is 2.82. The number of ether oxygens (including phenoxy) is 1. The fourth-order valence-corrected chi connectivity index (χ4v) is 2.18. The third-order valence-corrected chi connectivity index (χ3v) is 3.47. The van der Waals surface area contributed by atoms with Crippen molar-refractivity contribution >= 4 is 5.82 Å². The molecule has 0 atom stereocenters. The Hall–Kier alpha value is -2.14. The second-order valence-electron chi connectivity index (χ2n) is 5.29. The van der Waals surface area contributed by atoms with Crippen LogP contribution >= 0.6 is 0 Å². The van der Waals surface area contributed by atoms with E-state index in [0.29, 0.717) is 17.6 Å². The van der Waals surface area contributed by atoms with E-state index in [1.807, 2.05) is 30.3 Å². The molecule has 0 aliphatic heterocycles. The lowest BCUT2D eigenvalue weighted by Gasteiger charge is -2.08. The quantitative estimate of drug-likeness (QED) is 0.630. The van der Waals surface area contributed by atoms with Gasteiger partial charge in [-0.25, -0.2) is 15.8 Å². The van der Waals surface area contributed by atoms with Crippen LogP contribution in [0, 0.1) is 0 Å². The first kappa shape index (κ1) is 13.8. The Morgan fingerprint density at radius 2 is 2.00 bits per heavy atom. The minimum absolute atomic E-state index is 0.561. The van der Waals surface area contributed by atoms with Crippen molar-refractivity contribution in [2.24, 2.45) is 5.84 Å². The van der Waals surface area contributed by atoms with Gasteiger partial charge < -0.3 is 10.2 Å². The van der Waals surface area contributed by atoms with Gasteiger partial charge in [-0.15, -0.1) is 0 Å². The van der Waals surface area contributed by atoms with Crippen LogP contribution in [-0.2, 0) is 0 Å². The van der Waals surface area contributed by atoms with Crippen molar-refractivity contribution in [1.82, 2.24) is 9.97 Å². The molecule has 1 aliphatic rings. The van der Waals surface area contributed by atoms with Crippen molar-refractivity contribution in [3.05, 3.63) is 36.0 Å². The number of nitrogens with one attached hydrogen (secondary N) is 1. The fourth-order valence-electron chi connectivity index (χ4n) is 2.18. The highest BCUT2D eigenvalue weighted by Gasteiger charge is 2.26. The molecule has 0 radical (unpaired) electrons. The smallest absolute Gasteiger partial charge is 0.161 e. The van der Waals surface area contributed by atoms with Crippen LogP contribution in [0.5, 0.6) is 5.75 Å². The largest absolute Gasteiger partial charge is 0.494 e. The molecule has 0 amide bonds. The van der Waals surface area contributed by atoms with Crippen molar-refractivity contribution in [3.8, 4) is 17.1 Å². The number of benzene rings is 1. The molecule has 0 spiro atoms. The summed E-state index contributed by atoms with van der Waals surface area (Å²) in [7, 11) is 0. The van der Waals surface area contributed by atoms with Gasteiger partial charge in [-0.1, -0.05) is 6.92 Å². The molecule has 1 heterocycles. The predicted molar refractivity (Wildman–Crippen MR) is 83.0 cm³/mol. The lowest BCUT2D eigenvalue weighted by molar-refractivity contribution is 0.317. The van der Waals surface area contributed by atoms with E-state index in [9.17, 15) is 0 Å². The highest BCUT2D eigenvalue weighted by atomic mass is 16.5. The molecule has 110 valence electrons. The maximum atomic E-state index is 5.59. The highest BCUT2D eigenvalue weighted by Crippen LogP contribution is 2.40. The minimum atomic E-state index is 0.561. The Labute approximate surface area is 124 Å². The molecule has 0 unspecified atom stereocenters. The van der Waals surface area contributed by atoms with Crippen molar-refractivity contribution in [3.63, 3.8) is 0 Å². The zero-order valence-electron chi connectivity index (χ0n) is 12.2. The van der Waals surface area contributed by atoms with Gasteiger partial charge in [0.05, 0.1) is 6.61 Å². The van der Waals surface area contributed by atoms with Crippen molar-refractivity contribution in [2.45, 2.75) is 32.1 Å². The normalized spacial score (nSPS) is 14.0. The molecule has 5 nitrogen and oxygen atoms in total. The van der Waals surface area contributed by atoms with Gasteiger partial charge in [0.15, 0.2) is 5.82 Å². The second-order valence-corrected chi connectivity index (χ2v) is 5.29. The number of nitrogens with two attached hydrogens (primary N) is 1. The van der Waals surface area contributed by atoms with E-state index in [4.69, 9.17) is 10.6 Å². The first-order valence-corrected chi connectivity index (χ1v) is 7.39. The van der Waals surface area contributed by atoms with Crippen LogP contribution in [0.4, 0.5) is 5.82 Å². The molecule has 1 aliphatic carbocycles. The summed E-state index contributed by atoms with van der Waals surface area (Å²) < 4.78 is 5.59. The van der Waals surface area contributed by atoms with E-state index >= 15 is 0 Å². The molecular weight excluding hydrogens is 264 g/mol. The number of hydrogen-bond donors (Lipinski definition) is 2. The van der Waals surface area contributed by atoms with Crippen LogP contribution in [0.15, 0.2) is 30.3 Å². The number of nitrogen functional groups attached to an aromatic ring is 1. The molecule has 1 fully saturated rings. The van der Waals surface area contributed by atoms with Crippen LogP contribution in [-0.4, -0.2) is 16.6 Å². The summed E-state index contributed by atoms with van der Waals surface area (Å²) in [5.41, 5.74) is 4.66. The first-order chi connectivity index (χ1) is 10.3. The molecule has 2 aromatic rings. The molecule has 1 aromatic carbocycles. The number of aromatic nitrogens is 2. The van der Waals surface area contributed by atoms with E-state index in [1.54, 1.807) is 0 Å². The topological polar surface area (TPSA) is 73.1 Å². The number of nitrogens with zero attached hydrogens (tertiary/aromatic N) is 2. The molecule has 0 saturated heterocycles. The first-order valence-electron chi connectivity index (χ1n) is 7.39. The van der Waals surface area contributed by atoms with Crippen LogP contribution in [0.25, 0.3) is 11.4 Å². The van der Waals surface area contributed by atoms with E-state index < -0.39 is 0 Å². The molecule has 0 bridgehead atoms. The number of hydrogen-bond acceptors (Lipinski definition) is 5. The summed E-state index contributed by atoms with van der Waals surface area (Å²) in [5, 5.41) is 0. The zero-order chi connectivity index (χ0) is 14.7. The van der Waals surface area contributed by atoms with Crippen molar-refractivity contribution in [2.75, 3.05) is 12.0 Å². The maximum absolute atomic E-state index is 5.59. The Morgan fingerprint density at radius 1 is 1.24 bits per heavy atom. The van der Waals surface area contributed by atoms with Gasteiger partial charge in [-0.05, 0) is 43.5 Å². The summed E-state index contributed by atoms with van der Waals surface area (Å²) in [6.07, 6.45) is 3.40. The van der Waals surface area contributed by atoms with Gasteiger partial charge >= 0.3 is 0 Å². The molecule has 21 heavy (non-hydrogen) atoms. The monoisotopic (exact) mass is 284 g/mol. The molecule has 5 heteroatoms. The fraction of sp³-hybridized carbons (Fsp3) is 0.375. The standard InChI is InChI=1S/C16H20N4O/c1-2-9-21-13-7-5-12(6-8-13)16-18-14(11-3-4-11)10-15(19-16)20-17/h5-8,10-11H,2-4,9,17H2,1H3,(H,18,19,20). The van der Waals surface area contributed by atoms with E-state index in [-0.39, 0.29) is 0 Å². The Bertz CT molecular complexity index is 608. The SMILES string of the molecule is CCCOc1ccc(-c2nc(NN)cc(C3CC3)n2)cc1. The lowest BCUT2D eigenvalue weighted by atomic mass is 10.2. The summed E-state index contributed by atoms with van der Waals surface area (Å²) in [5.74, 6) is 8.30. The minimum Gasteiger partial charge on any atom is -0.494 e. The van der Waals surface area contributed by atoms with Gasteiger partial charge in [-0.3, -0.25) is 0 Å². The van der Waals surface area contributed by atoms with E-state index in [0.717, 1.165) is 30.0 Å². The number of hydrazine groups is 1. The van der Waals surface area contributed by atoms with Gasteiger partial charge in [0, 0.05) is 23.2 Å². The third-order valence-electron chi connectivity index (χ3n) is 3.47. The Kier molecular flexibility index (Phi) is 4.01. The zero-order valence-corrected chi connectivity index (χ0v) is 12.2. The maximum Gasteiger partial charge on any atom is 0.161 e. The van der Waals surface area contributed by atoms with Gasteiger partial charge in [0.1, 0.15) is 11.6 Å². The van der Waals surface area contributed by atoms with Gasteiger partial charge in [0.25, 0.3) is 0 Å². The summed E-state index contributed by atoms with van der Waals surface area (Å²) in [6, 6.07) is 9.80. The molecule has 3 N–H and O–H groups in total. The number of rotatable bonds is 6. The average molecular weight is 284 g/mol. The van der Waals surface area contributed by atoms with Crippen LogP contribution in [0.2, 0.25) is 0 Å². The number of anilines is 1. The average Bonchev–Trinajstić information content (AvgIpc) is 3.38. The summed E-state index contributed by atoms with van der Waals surface area (Å²) in [4.78, 5) is 9.09. The van der Waals surface area contributed by atoms with Crippen LogP contribution < -0.4 is 16.0 Å². The lowest BCUT2D eigenvalue weighted by Crippen LogP contribution is -2.10. The molecule has 3 rings (SSSR count). The predicted octanol–water partition coefficient (Wildman–Crippen LogP) is 3.10.